The summed E-state index contributed by atoms with van der Waals surface area (Å²) in [6.07, 6.45) is 0. The summed E-state index contributed by atoms with van der Waals surface area (Å²) in [6.45, 7) is 13.0. The predicted octanol–water partition coefficient (Wildman–Crippen LogP) is 1.20. The molecule has 0 rings (SSSR count). The van der Waals surface area contributed by atoms with Crippen LogP contribution in [0.25, 0.3) is 0 Å². The molecule has 0 aromatic heterocycles. The second-order valence-electron chi connectivity index (χ2n) is 1.23. The topological polar surface area (TPSA) is 49.4 Å². The van der Waals surface area contributed by atoms with Crippen molar-refractivity contribution < 1.29 is 0 Å². The minimum atomic E-state index is -2.64. The van der Waals surface area contributed by atoms with E-state index in [1.165, 1.54) is 0 Å². The van der Waals surface area contributed by atoms with Gasteiger partial charge in [0.25, 0.3) is 0 Å². The summed E-state index contributed by atoms with van der Waals surface area (Å²) in [5.74, 6) is 0. The molecule has 0 atom stereocenters. The molecule has 0 bridgehead atoms. The van der Waals surface area contributed by atoms with Gasteiger partial charge in [-0.2, -0.15) is 0 Å². The second-order valence-corrected chi connectivity index (χ2v) is 3.70. The first-order chi connectivity index (χ1) is 4.24. The van der Waals surface area contributed by atoms with Crippen LogP contribution in [-0.2, 0) is 0 Å². The van der Waals surface area contributed by atoms with Crippen LogP contribution in [0.15, 0.2) is 19.1 Å². The zero-order valence-electron chi connectivity index (χ0n) is 5.12. The van der Waals surface area contributed by atoms with E-state index in [4.69, 9.17) is 0 Å². The second kappa shape index (κ2) is 3.20. The van der Waals surface area contributed by atoms with Crippen molar-refractivity contribution >= 4 is 34.7 Å². The minimum absolute atomic E-state index is 2.64. The van der Waals surface area contributed by atoms with E-state index in [-0.39, 0.29) is 0 Å². The standard InChI is InChI=1S/C4H9N4P/c1-5-9(6-2,7-3)8-4/h9H,1-4H2. The van der Waals surface area contributed by atoms with Gasteiger partial charge in [-0.1, -0.05) is 0 Å². The third kappa shape index (κ3) is 1.50. The Kier molecular flexibility index (Phi) is 2.88. The van der Waals surface area contributed by atoms with Crippen LogP contribution < -0.4 is 0 Å². The Hall–Kier alpha value is -0.890. The van der Waals surface area contributed by atoms with E-state index in [0.29, 0.717) is 0 Å². The third-order valence-corrected chi connectivity index (χ3v) is 2.55. The van der Waals surface area contributed by atoms with E-state index in [2.05, 4.69) is 45.9 Å². The Morgan fingerprint density at radius 2 is 0.889 bits per heavy atom. The number of hydrogen-bond acceptors (Lipinski definition) is 4. The van der Waals surface area contributed by atoms with Crippen LogP contribution in [-0.4, -0.2) is 26.9 Å². The average molecular weight is 144 g/mol. The Bertz CT molecular complexity index is 115. The molecule has 9 heavy (non-hydrogen) atoms. The summed E-state index contributed by atoms with van der Waals surface area (Å²) in [7, 11) is -2.64. The molecule has 50 valence electrons. The molecule has 0 radical (unpaired) electrons. The maximum atomic E-state index is 3.58. The monoisotopic (exact) mass is 144 g/mol. The molecule has 0 aliphatic carbocycles. The summed E-state index contributed by atoms with van der Waals surface area (Å²) in [4.78, 5) is 0. The first-order valence-electron chi connectivity index (χ1n) is 2.16. The van der Waals surface area contributed by atoms with Crippen molar-refractivity contribution in [2.24, 2.45) is 19.1 Å². The third-order valence-electron chi connectivity index (χ3n) is 0.849. The van der Waals surface area contributed by atoms with Crippen LogP contribution in [0.5, 0.6) is 0 Å². The van der Waals surface area contributed by atoms with Gasteiger partial charge in [-0.3, -0.25) is 0 Å². The van der Waals surface area contributed by atoms with E-state index >= 15 is 0 Å². The van der Waals surface area contributed by atoms with Gasteiger partial charge in [0.1, 0.15) is 0 Å². The summed E-state index contributed by atoms with van der Waals surface area (Å²) < 4.78 is 14.3. The summed E-state index contributed by atoms with van der Waals surface area (Å²) in [5.41, 5.74) is 0. The number of nitrogens with zero attached hydrogens (tertiary/aromatic N) is 4. The summed E-state index contributed by atoms with van der Waals surface area (Å²) >= 11 is 0. The zero-order valence-corrected chi connectivity index (χ0v) is 6.12. The van der Waals surface area contributed by atoms with Gasteiger partial charge in [0.2, 0.25) is 0 Å². The Morgan fingerprint density at radius 3 is 0.889 bits per heavy atom. The summed E-state index contributed by atoms with van der Waals surface area (Å²) in [5, 5.41) is 0. The Balaban J connectivity index is 4.53. The normalized spacial score (nSPS) is 11.6. The van der Waals surface area contributed by atoms with Crippen LogP contribution in [0.1, 0.15) is 0 Å². The van der Waals surface area contributed by atoms with Gasteiger partial charge in [-0.25, -0.2) is 0 Å². The zero-order chi connectivity index (χ0) is 7.33. The van der Waals surface area contributed by atoms with Crippen LogP contribution in [0, 0.1) is 0 Å². The fourth-order valence-electron chi connectivity index (χ4n) is 0.300. The summed E-state index contributed by atoms with van der Waals surface area (Å²) in [6, 6.07) is 0. The first-order valence-corrected chi connectivity index (χ1v) is 3.95. The van der Waals surface area contributed by atoms with Crippen LogP contribution >= 0.6 is 7.87 Å². The van der Waals surface area contributed by atoms with Gasteiger partial charge in [0.05, 0.1) is 0 Å². The fourth-order valence-corrected chi connectivity index (χ4v) is 0.900. The molecular formula is C4H9N4P. The first kappa shape index (κ1) is 8.11. The van der Waals surface area contributed by atoms with E-state index in [1.54, 1.807) is 0 Å². The molecule has 4 nitrogen and oxygen atoms in total. The van der Waals surface area contributed by atoms with Gasteiger partial charge < -0.3 is 0 Å². The molecule has 0 N–H and O–H groups in total. The van der Waals surface area contributed by atoms with Crippen molar-refractivity contribution in [3.05, 3.63) is 0 Å². The van der Waals surface area contributed by atoms with Crippen LogP contribution in [0.2, 0.25) is 0 Å². The van der Waals surface area contributed by atoms with Gasteiger partial charge in [-0.15, -0.1) is 0 Å². The molecule has 0 aromatic rings. The van der Waals surface area contributed by atoms with Crippen LogP contribution in [0.3, 0.4) is 0 Å². The molecule has 5 heteroatoms. The van der Waals surface area contributed by atoms with Gasteiger partial charge >= 0.3 is 53.8 Å². The van der Waals surface area contributed by atoms with Gasteiger partial charge in [0.15, 0.2) is 0 Å². The molecular weight excluding hydrogens is 135 g/mol. The van der Waals surface area contributed by atoms with E-state index < -0.39 is 7.87 Å². The molecule has 0 spiro atoms. The van der Waals surface area contributed by atoms with E-state index in [9.17, 15) is 0 Å². The van der Waals surface area contributed by atoms with Crippen molar-refractivity contribution in [1.29, 1.82) is 0 Å². The van der Waals surface area contributed by atoms with Crippen LogP contribution in [0.4, 0.5) is 0 Å². The van der Waals surface area contributed by atoms with E-state index in [0.717, 1.165) is 0 Å². The predicted molar refractivity (Wildman–Crippen MR) is 46.5 cm³/mol. The quantitative estimate of drug-likeness (QED) is 0.420. The molecule has 0 amide bonds. The van der Waals surface area contributed by atoms with Crippen molar-refractivity contribution in [3.8, 4) is 0 Å². The molecule has 0 fully saturated rings. The molecule has 0 saturated carbocycles. The molecule has 0 aromatic carbocycles. The Morgan fingerprint density at radius 1 is 0.667 bits per heavy atom. The number of hydrogen-bond donors (Lipinski definition) is 0. The molecule has 0 aliphatic rings. The Labute approximate surface area is 54.7 Å². The maximum absolute atomic E-state index is 3.58. The van der Waals surface area contributed by atoms with Crippen molar-refractivity contribution in [1.82, 2.24) is 0 Å². The van der Waals surface area contributed by atoms with Crippen molar-refractivity contribution in [3.63, 3.8) is 0 Å². The fraction of sp³-hybridized carbons (Fsp3) is 0. The molecule has 0 unspecified atom stereocenters. The average Bonchev–Trinajstić information content (AvgIpc) is 1.95. The molecule has 0 saturated heterocycles. The van der Waals surface area contributed by atoms with E-state index in [1.807, 2.05) is 0 Å². The SMILES string of the molecule is C=N[PH](N=C)(N=C)N=C. The van der Waals surface area contributed by atoms with Gasteiger partial charge in [0, 0.05) is 0 Å². The number of rotatable bonds is 4. The van der Waals surface area contributed by atoms with Crippen molar-refractivity contribution in [2.75, 3.05) is 0 Å². The van der Waals surface area contributed by atoms with Gasteiger partial charge in [-0.05, 0) is 0 Å². The molecule has 0 heterocycles. The van der Waals surface area contributed by atoms with Crippen molar-refractivity contribution in [2.45, 2.75) is 0 Å². The molecule has 0 aliphatic heterocycles.